The van der Waals surface area contributed by atoms with Crippen molar-refractivity contribution < 1.29 is 0 Å². The van der Waals surface area contributed by atoms with Gasteiger partial charge in [-0.3, -0.25) is 0 Å². The third-order valence-corrected chi connectivity index (χ3v) is 14.0. The molecule has 0 saturated heterocycles. The Balaban J connectivity index is 0.960. The van der Waals surface area contributed by atoms with Crippen LogP contribution in [0.1, 0.15) is 11.1 Å². The molecule has 0 nitrogen and oxygen atoms in total. The Hall–Kier alpha value is -8.06. The van der Waals surface area contributed by atoms with Crippen molar-refractivity contribution in [1.82, 2.24) is 0 Å². The summed E-state index contributed by atoms with van der Waals surface area (Å²) in [6.07, 6.45) is 0. The average Bonchev–Trinajstić information content (AvgIpc) is 3.35. The van der Waals surface area contributed by atoms with Gasteiger partial charge in [-0.05, 0) is 157 Å². The zero-order valence-corrected chi connectivity index (χ0v) is 35.8. The van der Waals surface area contributed by atoms with Crippen LogP contribution in [0, 0.1) is 13.8 Å². The topological polar surface area (TPSA) is 0 Å². The molecule has 13 aromatic carbocycles. The van der Waals surface area contributed by atoms with Crippen LogP contribution in [-0.4, -0.2) is 0 Å². The van der Waals surface area contributed by atoms with E-state index in [9.17, 15) is 0 Å². The lowest BCUT2D eigenvalue weighted by Gasteiger charge is -2.19. The van der Waals surface area contributed by atoms with Crippen LogP contribution in [0.2, 0.25) is 0 Å². The van der Waals surface area contributed by atoms with E-state index in [1.807, 2.05) is 0 Å². The second-order valence-corrected chi connectivity index (χ2v) is 17.8. The van der Waals surface area contributed by atoms with Crippen molar-refractivity contribution in [3.63, 3.8) is 0 Å². The number of aryl methyl sites for hydroxylation is 2. The highest BCUT2D eigenvalue weighted by Gasteiger charge is 2.19. The van der Waals surface area contributed by atoms with E-state index in [0.717, 1.165) is 0 Å². The third-order valence-electron chi connectivity index (χ3n) is 14.0. The summed E-state index contributed by atoms with van der Waals surface area (Å²) in [6.45, 7) is 4.33. The molecule has 0 unspecified atom stereocenters. The Morgan fingerprint density at radius 2 is 0.453 bits per heavy atom. The van der Waals surface area contributed by atoms with Crippen LogP contribution in [0.15, 0.2) is 218 Å². The quantitative estimate of drug-likeness (QED) is 0.147. The van der Waals surface area contributed by atoms with Crippen molar-refractivity contribution >= 4 is 64.6 Å². The first-order valence-corrected chi connectivity index (χ1v) is 22.4. The molecular weight excluding hydrogens is 769 g/mol. The second-order valence-electron chi connectivity index (χ2n) is 17.8. The fraction of sp³-hybridized carbons (Fsp3) is 0.0312. The van der Waals surface area contributed by atoms with Crippen LogP contribution in [0.3, 0.4) is 0 Å². The Labute approximate surface area is 373 Å². The summed E-state index contributed by atoms with van der Waals surface area (Å²) in [7, 11) is 0. The van der Waals surface area contributed by atoms with Gasteiger partial charge in [-0.25, -0.2) is 0 Å². The molecule has 13 aromatic rings. The first-order chi connectivity index (χ1) is 31.5. The zero-order chi connectivity index (χ0) is 42.5. The van der Waals surface area contributed by atoms with E-state index in [0.29, 0.717) is 0 Å². The van der Waals surface area contributed by atoms with Gasteiger partial charge in [0.2, 0.25) is 0 Å². The molecule has 0 aliphatic rings. The second kappa shape index (κ2) is 14.2. The highest BCUT2D eigenvalue weighted by Crippen LogP contribution is 2.45. The van der Waals surface area contributed by atoms with E-state index >= 15 is 0 Å². The fourth-order valence-electron chi connectivity index (χ4n) is 10.7. The molecule has 0 N–H and O–H groups in total. The van der Waals surface area contributed by atoms with Gasteiger partial charge < -0.3 is 0 Å². The van der Waals surface area contributed by atoms with E-state index in [-0.39, 0.29) is 0 Å². The number of rotatable bonds is 6. The Morgan fingerprint density at radius 3 is 0.781 bits per heavy atom. The first-order valence-electron chi connectivity index (χ1n) is 22.4. The van der Waals surface area contributed by atoms with Crippen LogP contribution >= 0.6 is 0 Å². The van der Waals surface area contributed by atoms with Gasteiger partial charge in [0.25, 0.3) is 0 Å². The van der Waals surface area contributed by atoms with Crippen LogP contribution in [-0.2, 0) is 0 Å². The standard InChI is InChI=1S/C64H42/c1-39-9-13-43(14-10-39)57-37-60(46-23-19-42(20-24-46)54-34-30-52-28-26-48-6-4-8-50-32-36-56(54)64(52)62(48)50)58(44-15-11-40(2)12-16-44)38-59(57)45-21-17-41(18-22-45)53-33-29-51-27-25-47-5-3-7-49-31-35-55(53)63(51)61(47)49/h3-38H,1-2H3. The number of hydrogen-bond donors (Lipinski definition) is 0. The normalized spacial score (nSPS) is 11.9. The molecular formula is C64H42. The molecule has 0 radical (unpaired) electrons. The maximum atomic E-state index is 2.44. The van der Waals surface area contributed by atoms with Gasteiger partial charge in [0.15, 0.2) is 0 Å². The van der Waals surface area contributed by atoms with Crippen molar-refractivity contribution in [2.45, 2.75) is 13.8 Å². The van der Waals surface area contributed by atoms with Gasteiger partial charge in [0, 0.05) is 0 Å². The molecule has 13 rings (SSSR count). The molecule has 0 heteroatoms. The Bertz CT molecular complexity index is 3610. The lowest BCUT2D eigenvalue weighted by atomic mass is 9.84. The molecule has 0 fully saturated rings. The molecule has 0 aliphatic carbocycles. The van der Waals surface area contributed by atoms with E-state index in [1.165, 1.54) is 143 Å². The zero-order valence-electron chi connectivity index (χ0n) is 35.8. The van der Waals surface area contributed by atoms with E-state index in [2.05, 4.69) is 232 Å². The molecule has 0 amide bonds. The lowest BCUT2D eigenvalue weighted by molar-refractivity contribution is 1.46. The van der Waals surface area contributed by atoms with Gasteiger partial charge in [0.1, 0.15) is 0 Å². The molecule has 298 valence electrons. The summed E-state index contributed by atoms with van der Waals surface area (Å²) >= 11 is 0. The van der Waals surface area contributed by atoms with Crippen molar-refractivity contribution in [1.29, 1.82) is 0 Å². The minimum atomic E-state index is 1.20. The average molecular weight is 811 g/mol. The minimum absolute atomic E-state index is 1.20. The van der Waals surface area contributed by atoms with Crippen LogP contribution < -0.4 is 0 Å². The SMILES string of the molecule is Cc1ccc(-c2cc(-c3ccc(-c4ccc5ccc6cccc7ccc4c5c67)cc3)c(-c3ccc(C)cc3)cc2-c2ccc(-c3ccc4ccc5cccc6ccc3c4c56)cc2)cc1. The van der Waals surface area contributed by atoms with Crippen molar-refractivity contribution in [2.24, 2.45) is 0 Å². The maximum absolute atomic E-state index is 2.44. The highest BCUT2D eigenvalue weighted by molar-refractivity contribution is 6.26. The summed E-state index contributed by atoms with van der Waals surface area (Å²) in [4.78, 5) is 0. The highest BCUT2D eigenvalue weighted by atomic mass is 14.2. The molecule has 0 atom stereocenters. The molecule has 0 heterocycles. The van der Waals surface area contributed by atoms with Gasteiger partial charge in [-0.15, -0.1) is 0 Å². The van der Waals surface area contributed by atoms with Crippen molar-refractivity contribution in [3.8, 4) is 66.8 Å². The monoisotopic (exact) mass is 810 g/mol. The van der Waals surface area contributed by atoms with Gasteiger partial charge in [0.05, 0.1) is 0 Å². The van der Waals surface area contributed by atoms with Gasteiger partial charge in [-0.2, -0.15) is 0 Å². The van der Waals surface area contributed by atoms with Gasteiger partial charge in [-0.1, -0.05) is 217 Å². The van der Waals surface area contributed by atoms with Crippen molar-refractivity contribution in [2.75, 3.05) is 0 Å². The summed E-state index contributed by atoms with van der Waals surface area (Å²) in [5, 5.41) is 15.7. The van der Waals surface area contributed by atoms with Crippen molar-refractivity contribution in [3.05, 3.63) is 230 Å². The maximum Gasteiger partial charge on any atom is -0.00206 e. The first kappa shape index (κ1) is 36.6. The lowest BCUT2D eigenvalue weighted by Crippen LogP contribution is -1.93. The minimum Gasteiger partial charge on any atom is -0.0610 e. The molecule has 0 saturated carbocycles. The Kier molecular flexibility index (Phi) is 8.14. The van der Waals surface area contributed by atoms with Crippen LogP contribution in [0.25, 0.3) is 131 Å². The predicted octanol–water partition coefficient (Wildman–Crippen LogP) is 18.1. The predicted molar refractivity (Wildman–Crippen MR) is 276 cm³/mol. The van der Waals surface area contributed by atoms with E-state index in [1.54, 1.807) is 0 Å². The number of hydrogen-bond acceptors (Lipinski definition) is 0. The Morgan fingerprint density at radius 1 is 0.203 bits per heavy atom. The summed E-state index contributed by atoms with van der Waals surface area (Å²) in [5.41, 5.74) is 17.1. The molecule has 0 aliphatic heterocycles. The molecule has 0 aromatic heterocycles. The van der Waals surface area contributed by atoms with Gasteiger partial charge >= 0.3 is 0 Å². The summed E-state index contributed by atoms with van der Waals surface area (Å²) in [5.74, 6) is 0. The summed E-state index contributed by atoms with van der Waals surface area (Å²) < 4.78 is 0. The molecule has 64 heavy (non-hydrogen) atoms. The summed E-state index contributed by atoms with van der Waals surface area (Å²) in [6, 6.07) is 82.1. The van der Waals surface area contributed by atoms with E-state index < -0.39 is 0 Å². The van der Waals surface area contributed by atoms with Crippen LogP contribution in [0.4, 0.5) is 0 Å². The smallest absolute Gasteiger partial charge is 0.00206 e. The largest absolute Gasteiger partial charge is 0.0610 e. The number of benzene rings is 13. The third kappa shape index (κ3) is 5.76. The molecule has 0 bridgehead atoms. The fourth-order valence-corrected chi connectivity index (χ4v) is 10.7. The van der Waals surface area contributed by atoms with E-state index in [4.69, 9.17) is 0 Å². The van der Waals surface area contributed by atoms with Crippen LogP contribution in [0.5, 0.6) is 0 Å². The molecule has 0 spiro atoms.